The number of nitrogens with one attached hydrogen (secondary N) is 2. The SMILES string of the molecule is COC(=O)N1CCC[C@@H](NC(=O)NC(C)C)C1. The van der Waals surface area contributed by atoms with Gasteiger partial charge in [-0.25, -0.2) is 9.59 Å². The fourth-order valence-electron chi connectivity index (χ4n) is 1.88. The molecule has 0 bridgehead atoms. The average molecular weight is 243 g/mol. The van der Waals surface area contributed by atoms with Crippen LogP contribution in [0, 0.1) is 0 Å². The lowest BCUT2D eigenvalue weighted by molar-refractivity contribution is 0.108. The summed E-state index contributed by atoms with van der Waals surface area (Å²) in [5.41, 5.74) is 0. The van der Waals surface area contributed by atoms with Crippen molar-refractivity contribution in [3.8, 4) is 0 Å². The van der Waals surface area contributed by atoms with Gasteiger partial charge < -0.3 is 20.3 Å². The number of nitrogens with zero attached hydrogens (tertiary/aromatic N) is 1. The highest BCUT2D eigenvalue weighted by molar-refractivity contribution is 5.74. The fraction of sp³-hybridized carbons (Fsp3) is 0.818. The van der Waals surface area contributed by atoms with Crippen molar-refractivity contribution < 1.29 is 14.3 Å². The molecule has 6 nitrogen and oxygen atoms in total. The van der Waals surface area contributed by atoms with E-state index in [1.807, 2.05) is 13.8 Å². The van der Waals surface area contributed by atoms with E-state index in [2.05, 4.69) is 15.4 Å². The maximum atomic E-state index is 11.5. The lowest BCUT2D eigenvalue weighted by atomic mass is 10.1. The Balaban J connectivity index is 2.39. The number of urea groups is 1. The second-order valence-electron chi connectivity index (χ2n) is 4.53. The zero-order valence-electron chi connectivity index (χ0n) is 10.7. The lowest BCUT2D eigenvalue weighted by Gasteiger charge is -2.32. The summed E-state index contributed by atoms with van der Waals surface area (Å²) in [6.45, 7) is 5.01. The topological polar surface area (TPSA) is 70.7 Å². The number of ether oxygens (including phenoxy) is 1. The van der Waals surface area contributed by atoms with Crippen LogP contribution in [0.3, 0.4) is 0 Å². The Labute approximate surface area is 102 Å². The van der Waals surface area contributed by atoms with Gasteiger partial charge in [0.1, 0.15) is 0 Å². The molecule has 0 spiro atoms. The van der Waals surface area contributed by atoms with E-state index in [4.69, 9.17) is 0 Å². The maximum Gasteiger partial charge on any atom is 0.409 e. The summed E-state index contributed by atoms with van der Waals surface area (Å²) >= 11 is 0. The number of hydrogen-bond acceptors (Lipinski definition) is 3. The Hall–Kier alpha value is -1.46. The molecule has 0 aromatic rings. The van der Waals surface area contributed by atoms with Gasteiger partial charge in [-0.2, -0.15) is 0 Å². The van der Waals surface area contributed by atoms with E-state index < -0.39 is 0 Å². The quantitative estimate of drug-likeness (QED) is 0.757. The molecule has 2 N–H and O–H groups in total. The zero-order valence-corrected chi connectivity index (χ0v) is 10.7. The van der Waals surface area contributed by atoms with Crippen LogP contribution < -0.4 is 10.6 Å². The van der Waals surface area contributed by atoms with Crippen LogP contribution in [-0.4, -0.2) is 49.3 Å². The van der Waals surface area contributed by atoms with Crippen LogP contribution in [0.1, 0.15) is 26.7 Å². The first-order valence-corrected chi connectivity index (χ1v) is 5.93. The van der Waals surface area contributed by atoms with Gasteiger partial charge in [-0.05, 0) is 26.7 Å². The van der Waals surface area contributed by atoms with Gasteiger partial charge in [-0.15, -0.1) is 0 Å². The molecule has 0 unspecified atom stereocenters. The minimum absolute atomic E-state index is 0.00148. The van der Waals surface area contributed by atoms with Gasteiger partial charge in [-0.3, -0.25) is 0 Å². The maximum absolute atomic E-state index is 11.5. The van der Waals surface area contributed by atoms with Gasteiger partial charge in [0, 0.05) is 25.2 Å². The van der Waals surface area contributed by atoms with E-state index in [1.165, 1.54) is 7.11 Å². The minimum atomic E-state index is -0.333. The molecule has 1 heterocycles. The van der Waals surface area contributed by atoms with Gasteiger partial charge in [-0.1, -0.05) is 0 Å². The Morgan fingerprint density at radius 1 is 1.41 bits per heavy atom. The van der Waals surface area contributed by atoms with Crippen molar-refractivity contribution in [3.63, 3.8) is 0 Å². The minimum Gasteiger partial charge on any atom is -0.453 e. The number of carbonyl (C=O) groups is 2. The van der Waals surface area contributed by atoms with Crippen LogP contribution in [0.5, 0.6) is 0 Å². The molecule has 1 atom stereocenters. The van der Waals surface area contributed by atoms with Crippen molar-refractivity contribution in [1.82, 2.24) is 15.5 Å². The molecule has 1 fully saturated rings. The van der Waals surface area contributed by atoms with Gasteiger partial charge in [0.15, 0.2) is 0 Å². The van der Waals surface area contributed by atoms with Crippen molar-refractivity contribution in [1.29, 1.82) is 0 Å². The number of methoxy groups -OCH3 is 1. The first-order valence-electron chi connectivity index (χ1n) is 5.93. The number of piperidine rings is 1. The number of rotatable bonds is 2. The molecule has 0 saturated carbocycles. The molecule has 1 saturated heterocycles. The number of likely N-dealkylation sites (tertiary alicyclic amines) is 1. The van der Waals surface area contributed by atoms with Crippen LogP contribution in [0.4, 0.5) is 9.59 Å². The number of amides is 3. The Bertz CT molecular complexity index is 281. The molecule has 17 heavy (non-hydrogen) atoms. The third kappa shape index (κ3) is 4.50. The molecule has 6 heteroatoms. The van der Waals surface area contributed by atoms with E-state index in [9.17, 15) is 9.59 Å². The lowest BCUT2D eigenvalue weighted by Crippen LogP contribution is -2.52. The predicted molar refractivity (Wildman–Crippen MR) is 63.8 cm³/mol. The molecule has 98 valence electrons. The van der Waals surface area contributed by atoms with Crippen LogP contribution >= 0.6 is 0 Å². The van der Waals surface area contributed by atoms with E-state index in [0.29, 0.717) is 13.1 Å². The van der Waals surface area contributed by atoms with Crippen molar-refractivity contribution in [3.05, 3.63) is 0 Å². The Morgan fingerprint density at radius 3 is 2.71 bits per heavy atom. The van der Waals surface area contributed by atoms with Crippen molar-refractivity contribution in [2.45, 2.75) is 38.8 Å². The van der Waals surface area contributed by atoms with Crippen LogP contribution in [0.25, 0.3) is 0 Å². The summed E-state index contributed by atoms with van der Waals surface area (Å²) in [5.74, 6) is 0. The highest BCUT2D eigenvalue weighted by Gasteiger charge is 2.25. The van der Waals surface area contributed by atoms with Crippen LogP contribution in [0.2, 0.25) is 0 Å². The summed E-state index contributed by atoms with van der Waals surface area (Å²) in [7, 11) is 1.37. The second-order valence-corrected chi connectivity index (χ2v) is 4.53. The Morgan fingerprint density at radius 2 is 2.12 bits per heavy atom. The highest BCUT2D eigenvalue weighted by Crippen LogP contribution is 2.10. The molecule has 3 amide bonds. The highest BCUT2D eigenvalue weighted by atomic mass is 16.5. The number of carbonyl (C=O) groups excluding carboxylic acids is 2. The third-order valence-electron chi connectivity index (χ3n) is 2.61. The first-order chi connectivity index (χ1) is 8.02. The molecule has 0 aromatic heterocycles. The molecule has 1 rings (SSSR count). The fourth-order valence-corrected chi connectivity index (χ4v) is 1.88. The van der Waals surface area contributed by atoms with Crippen molar-refractivity contribution in [2.75, 3.05) is 20.2 Å². The summed E-state index contributed by atoms with van der Waals surface area (Å²) < 4.78 is 4.67. The van der Waals surface area contributed by atoms with E-state index >= 15 is 0 Å². The molecular weight excluding hydrogens is 222 g/mol. The average Bonchev–Trinajstić information content (AvgIpc) is 2.27. The van der Waals surface area contributed by atoms with Crippen molar-refractivity contribution in [2.24, 2.45) is 0 Å². The van der Waals surface area contributed by atoms with Gasteiger partial charge in [0.25, 0.3) is 0 Å². The monoisotopic (exact) mass is 243 g/mol. The second kappa shape index (κ2) is 6.32. The van der Waals surface area contributed by atoms with Gasteiger partial charge in [0.2, 0.25) is 0 Å². The molecule has 0 aromatic carbocycles. The summed E-state index contributed by atoms with van der Waals surface area (Å²) in [5, 5.41) is 5.62. The standard InChI is InChI=1S/C11H21N3O3/c1-8(2)12-10(15)13-9-5-4-6-14(7-9)11(16)17-3/h8-9H,4-7H2,1-3H3,(H2,12,13,15)/t9-/m1/s1. The summed E-state index contributed by atoms with van der Waals surface area (Å²) in [4.78, 5) is 24.5. The molecule has 0 radical (unpaired) electrons. The summed E-state index contributed by atoms with van der Waals surface area (Å²) in [6.07, 6.45) is 1.43. The molecule has 0 aliphatic carbocycles. The molecule has 1 aliphatic heterocycles. The smallest absolute Gasteiger partial charge is 0.409 e. The van der Waals surface area contributed by atoms with E-state index in [-0.39, 0.29) is 24.2 Å². The molecule has 1 aliphatic rings. The number of hydrogen-bond donors (Lipinski definition) is 2. The van der Waals surface area contributed by atoms with Crippen LogP contribution in [-0.2, 0) is 4.74 Å². The van der Waals surface area contributed by atoms with Gasteiger partial charge >= 0.3 is 12.1 Å². The van der Waals surface area contributed by atoms with Crippen LogP contribution in [0.15, 0.2) is 0 Å². The van der Waals surface area contributed by atoms with Gasteiger partial charge in [0.05, 0.1) is 7.11 Å². The zero-order chi connectivity index (χ0) is 12.8. The normalized spacial score (nSPS) is 20.0. The van der Waals surface area contributed by atoms with Crippen molar-refractivity contribution >= 4 is 12.1 Å². The largest absolute Gasteiger partial charge is 0.453 e. The molecular formula is C11H21N3O3. The van der Waals surface area contributed by atoms with E-state index in [1.54, 1.807) is 4.90 Å². The third-order valence-corrected chi connectivity index (χ3v) is 2.61. The predicted octanol–water partition coefficient (Wildman–Crippen LogP) is 0.925. The van der Waals surface area contributed by atoms with E-state index in [0.717, 1.165) is 12.8 Å². The summed E-state index contributed by atoms with van der Waals surface area (Å²) in [6, 6.07) is -0.0754. The Kier molecular flexibility index (Phi) is 5.06. The first kappa shape index (κ1) is 13.6.